The van der Waals surface area contributed by atoms with Crippen molar-refractivity contribution in [2.45, 2.75) is 19.3 Å². The van der Waals surface area contributed by atoms with Crippen LogP contribution in [-0.4, -0.2) is 40.2 Å². The number of nitrogens with zero attached hydrogens (tertiary/aromatic N) is 3. The maximum Gasteiger partial charge on any atom is 0.282 e. The maximum absolute atomic E-state index is 11.8. The maximum atomic E-state index is 11.8. The number of amides is 1. The lowest BCUT2D eigenvalue weighted by Gasteiger charge is -2.15. The lowest BCUT2D eigenvalue weighted by molar-refractivity contribution is -0.129. The van der Waals surface area contributed by atoms with Crippen LogP contribution in [0.4, 0.5) is 5.69 Å². The van der Waals surface area contributed by atoms with E-state index in [0.29, 0.717) is 23.1 Å². The highest BCUT2D eigenvalue weighted by Crippen LogP contribution is 2.16. The molecule has 1 aromatic rings. The highest BCUT2D eigenvalue weighted by Gasteiger charge is 2.17. The third-order valence-electron chi connectivity index (χ3n) is 3.19. The normalized spacial score (nSPS) is 14.7. The topological polar surface area (TPSA) is 67.2 Å². The molecule has 1 fully saturated rings. The average Bonchev–Trinajstić information content (AvgIpc) is 2.92. The molecule has 1 saturated heterocycles. The van der Waals surface area contributed by atoms with Crippen LogP contribution in [0.3, 0.4) is 0 Å². The second-order valence-electron chi connectivity index (χ2n) is 4.57. The molecule has 1 aromatic heterocycles. The zero-order chi connectivity index (χ0) is 13.8. The Kier molecular flexibility index (Phi) is 4.57. The van der Waals surface area contributed by atoms with Gasteiger partial charge in [0.25, 0.3) is 5.56 Å². The molecule has 0 unspecified atom stereocenters. The predicted octanol–water partition coefficient (Wildman–Crippen LogP) is 0.967. The molecular formula is C12H17BrN4O2. The van der Waals surface area contributed by atoms with Gasteiger partial charge in [-0.1, -0.05) is 0 Å². The molecule has 1 aliphatic heterocycles. The van der Waals surface area contributed by atoms with Gasteiger partial charge >= 0.3 is 0 Å². The summed E-state index contributed by atoms with van der Waals surface area (Å²) in [4.78, 5) is 25.4. The second-order valence-corrected chi connectivity index (χ2v) is 5.36. The number of rotatable bonds is 4. The minimum Gasteiger partial charge on any atom is -0.382 e. The molecule has 1 amide bonds. The van der Waals surface area contributed by atoms with Gasteiger partial charge in [0.2, 0.25) is 5.91 Å². The van der Waals surface area contributed by atoms with E-state index in [-0.39, 0.29) is 11.5 Å². The predicted molar refractivity (Wildman–Crippen MR) is 76.1 cm³/mol. The molecule has 0 radical (unpaired) electrons. The van der Waals surface area contributed by atoms with Crippen molar-refractivity contribution in [3.8, 4) is 0 Å². The number of nitrogens with one attached hydrogen (secondary N) is 1. The fourth-order valence-electron chi connectivity index (χ4n) is 2.06. The van der Waals surface area contributed by atoms with Crippen molar-refractivity contribution in [2.24, 2.45) is 7.05 Å². The van der Waals surface area contributed by atoms with Gasteiger partial charge in [0.1, 0.15) is 4.47 Å². The molecule has 0 spiro atoms. The van der Waals surface area contributed by atoms with Crippen LogP contribution < -0.4 is 10.9 Å². The number of aryl methyl sites for hydroxylation is 1. The minimum atomic E-state index is -0.198. The van der Waals surface area contributed by atoms with E-state index in [1.54, 1.807) is 13.2 Å². The average molecular weight is 329 g/mol. The third kappa shape index (κ3) is 3.34. The summed E-state index contributed by atoms with van der Waals surface area (Å²) < 4.78 is 1.70. The Labute approximate surface area is 119 Å². The van der Waals surface area contributed by atoms with Crippen LogP contribution >= 0.6 is 15.9 Å². The lowest BCUT2D eigenvalue weighted by Crippen LogP contribution is -2.29. The van der Waals surface area contributed by atoms with Crippen molar-refractivity contribution in [2.75, 3.05) is 25.0 Å². The molecule has 0 aromatic carbocycles. The van der Waals surface area contributed by atoms with E-state index in [9.17, 15) is 9.59 Å². The van der Waals surface area contributed by atoms with Crippen LogP contribution in [0.15, 0.2) is 15.5 Å². The van der Waals surface area contributed by atoms with Gasteiger partial charge in [-0.3, -0.25) is 9.59 Å². The number of aromatic nitrogens is 2. The second kappa shape index (κ2) is 6.18. The van der Waals surface area contributed by atoms with Gasteiger partial charge in [0.05, 0.1) is 11.9 Å². The Morgan fingerprint density at radius 1 is 1.47 bits per heavy atom. The van der Waals surface area contributed by atoms with Gasteiger partial charge in [0, 0.05) is 33.1 Å². The quantitative estimate of drug-likeness (QED) is 0.894. The van der Waals surface area contributed by atoms with Gasteiger partial charge in [-0.25, -0.2) is 4.68 Å². The zero-order valence-corrected chi connectivity index (χ0v) is 12.4. The van der Waals surface area contributed by atoms with Crippen LogP contribution in [0, 0.1) is 0 Å². The van der Waals surface area contributed by atoms with E-state index in [4.69, 9.17) is 0 Å². The highest BCUT2D eigenvalue weighted by atomic mass is 79.9. The fraction of sp³-hybridized carbons (Fsp3) is 0.583. The van der Waals surface area contributed by atoms with E-state index >= 15 is 0 Å². The summed E-state index contributed by atoms with van der Waals surface area (Å²) in [6, 6.07) is 0. The number of hydrogen-bond donors (Lipinski definition) is 1. The standard InChI is InChI=1S/C12H17BrN4O2/c1-16-12(19)11(13)9(8-15-16)14-5-4-10(18)17-6-2-3-7-17/h8,14H,2-7H2,1H3. The molecule has 0 bridgehead atoms. The number of carbonyl (C=O) groups is 1. The van der Waals surface area contributed by atoms with E-state index in [2.05, 4.69) is 26.3 Å². The molecule has 1 N–H and O–H groups in total. The minimum absolute atomic E-state index is 0.165. The number of carbonyl (C=O) groups excluding carboxylic acids is 1. The highest BCUT2D eigenvalue weighted by molar-refractivity contribution is 9.10. The molecule has 6 nitrogen and oxygen atoms in total. The molecule has 1 aliphatic rings. The smallest absolute Gasteiger partial charge is 0.282 e. The van der Waals surface area contributed by atoms with E-state index < -0.39 is 0 Å². The molecule has 7 heteroatoms. The Bertz CT molecular complexity index is 523. The first-order valence-electron chi connectivity index (χ1n) is 6.33. The lowest BCUT2D eigenvalue weighted by atomic mass is 10.3. The number of likely N-dealkylation sites (tertiary alicyclic amines) is 1. The molecule has 104 valence electrons. The number of halogens is 1. The van der Waals surface area contributed by atoms with E-state index in [1.165, 1.54) is 4.68 Å². The van der Waals surface area contributed by atoms with Crippen molar-refractivity contribution in [1.29, 1.82) is 0 Å². The van der Waals surface area contributed by atoms with Crippen molar-refractivity contribution >= 4 is 27.5 Å². The van der Waals surface area contributed by atoms with Gasteiger partial charge in [0.15, 0.2) is 0 Å². The van der Waals surface area contributed by atoms with Crippen LogP contribution in [0.2, 0.25) is 0 Å². The molecule has 0 aliphatic carbocycles. The van der Waals surface area contributed by atoms with E-state index in [1.807, 2.05) is 4.90 Å². The van der Waals surface area contributed by atoms with Gasteiger partial charge in [-0.2, -0.15) is 5.10 Å². The van der Waals surface area contributed by atoms with E-state index in [0.717, 1.165) is 25.9 Å². The third-order valence-corrected chi connectivity index (χ3v) is 3.96. The molecule has 0 atom stereocenters. The number of anilines is 1. The summed E-state index contributed by atoms with van der Waals surface area (Å²) in [6.07, 6.45) is 4.21. The SMILES string of the molecule is Cn1ncc(NCCC(=O)N2CCCC2)c(Br)c1=O. The van der Waals surface area contributed by atoms with Crippen LogP contribution in [0.5, 0.6) is 0 Å². The van der Waals surface area contributed by atoms with Crippen molar-refractivity contribution in [3.63, 3.8) is 0 Å². The monoisotopic (exact) mass is 328 g/mol. The summed E-state index contributed by atoms with van der Waals surface area (Å²) in [5.74, 6) is 0.165. The molecule has 19 heavy (non-hydrogen) atoms. The summed E-state index contributed by atoms with van der Waals surface area (Å²) in [5.41, 5.74) is 0.424. The summed E-state index contributed by atoms with van der Waals surface area (Å²) in [7, 11) is 1.59. The molecule has 2 rings (SSSR count). The zero-order valence-electron chi connectivity index (χ0n) is 10.9. The van der Waals surface area contributed by atoms with Crippen LogP contribution in [0.1, 0.15) is 19.3 Å². The van der Waals surface area contributed by atoms with Crippen molar-refractivity contribution in [3.05, 3.63) is 21.0 Å². The Hall–Kier alpha value is -1.37. The first-order chi connectivity index (χ1) is 9.09. The first-order valence-corrected chi connectivity index (χ1v) is 7.12. The molecule has 2 heterocycles. The van der Waals surface area contributed by atoms with Crippen LogP contribution in [-0.2, 0) is 11.8 Å². The Balaban J connectivity index is 1.87. The summed E-state index contributed by atoms with van der Waals surface area (Å²) in [5, 5.41) is 7.00. The van der Waals surface area contributed by atoms with Crippen molar-refractivity contribution in [1.82, 2.24) is 14.7 Å². The van der Waals surface area contributed by atoms with Crippen molar-refractivity contribution < 1.29 is 4.79 Å². The first kappa shape index (κ1) is 14.0. The summed E-state index contributed by atoms with van der Waals surface area (Å²) in [6.45, 7) is 2.24. The summed E-state index contributed by atoms with van der Waals surface area (Å²) >= 11 is 3.23. The van der Waals surface area contributed by atoms with Crippen LogP contribution in [0.25, 0.3) is 0 Å². The fourth-order valence-corrected chi connectivity index (χ4v) is 2.56. The van der Waals surface area contributed by atoms with Gasteiger partial charge in [-0.15, -0.1) is 0 Å². The Morgan fingerprint density at radius 3 is 2.84 bits per heavy atom. The largest absolute Gasteiger partial charge is 0.382 e. The number of hydrogen-bond acceptors (Lipinski definition) is 4. The van der Waals surface area contributed by atoms with Gasteiger partial charge in [-0.05, 0) is 28.8 Å². The molecule has 0 saturated carbocycles. The molecular weight excluding hydrogens is 312 g/mol. The Morgan fingerprint density at radius 2 is 2.16 bits per heavy atom. The van der Waals surface area contributed by atoms with Gasteiger partial charge < -0.3 is 10.2 Å².